The van der Waals surface area contributed by atoms with Gasteiger partial charge in [0.1, 0.15) is 23.2 Å². The molecule has 1 unspecified atom stereocenters. The molecule has 3 atom stereocenters. The first kappa shape index (κ1) is 46.8. The molecule has 5 aromatic rings. The fourth-order valence-corrected chi connectivity index (χ4v) is 10.5. The molecule has 1 aliphatic carbocycles. The van der Waals surface area contributed by atoms with Gasteiger partial charge in [0.05, 0.1) is 53.3 Å². The summed E-state index contributed by atoms with van der Waals surface area (Å²) in [6, 6.07) is 7.52. The monoisotopic (exact) mass is 943 g/mol. The van der Waals surface area contributed by atoms with E-state index in [9.17, 15) is 32.3 Å². The Hall–Kier alpha value is -6.25. The summed E-state index contributed by atoms with van der Waals surface area (Å²) in [6.45, 7) is 8.17. The van der Waals surface area contributed by atoms with Crippen molar-refractivity contribution >= 4 is 57.6 Å². The van der Waals surface area contributed by atoms with Crippen molar-refractivity contribution in [2.24, 2.45) is 13.0 Å². The van der Waals surface area contributed by atoms with Gasteiger partial charge in [0.2, 0.25) is 11.8 Å². The summed E-state index contributed by atoms with van der Waals surface area (Å²) in [5, 5.41) is 22.1. The Labute approximate surface area is 391 Å². The zero-order chi connectivity index (χ0) is 48.0. The van der Waals surface area contributed by atoms with E-state index in [1.165, 1.54) is 16.9 Å². The van der Waals surface area contributed by atoms with Crippen LogP contribution in [0.1, 0.15) is 119 Å². The van der Waals surface area contributed by atoms with Crippen LogP contribution < -0.4 is 25.8 Å². The number of halogens is 3. The molecule has 4 aromatic heterocycles. The van der Waals surface area contributed by atoms with Gasteiger partial charge in [-0.1, -0.05) is 12.1 Å². The molecule has 4 fully saturated rings. The first-order valence-corrected chi connectivity index (χ1v) is 23.6. The second-order valence-corrected chi connectivity index (χ2v) is 19.9. The predicted octanol–water partition coefficient (Wildman–Crippen LogP) is 6.30. The molecule has 68 heavy (non-hydrogen) atoms. The van der Waals surface area contributed by atoms with Crippen LogP contribution in [0, 0.1) is 5.92 Å². The molecule has 0 bridgehead atoms. The summed E-state index contributed by atoms with van der Waals surface area (Å²) >= 11 is 0. The molecule has 3 N–H and O–H groups in total. The summed E-state index contributed by atoms with van der Waals surface area (Å²) in [4.78, 5) is 61.9. The van der Waals surface area contributed by atoms with Gasteiger partial charge < -0.3 is 30.1 Å². The highest BCUT2D eigenvalue weighted by atomic mass is 19.3. The van der Waals surface area contributed by atoms with Gasteiger partial charge in [0.15, 0.2) is 11.3 Å². The van der Waals surface area contributed by atoms with Crippen LogP contribution >= 0.6 is 0 Å². The van der Waals surface area contributed by atoms with Crippen molar-refractivity contribution in [2.45, 2.75) is 121 Å². The number of hydrogen-bond acceptors (Lipinski definition) is 12. The number of anilines is 3. The maximum atomic E-state index is 15.0. The maximum Gasteiger partial charge on any atom is 0.407 e. The molecule has 364 valence electrons. The molecule has 3 aliphatic heterocycles. The fourth-order valence-electron chi connectivity index (χ4n) is 10.5. The average molecular weight is 944 g/mol. The number of piperidine rings is 3. The predicted molar refractivity (Wildman–Crippen MR) is 248 cm³/mol. The first-order valence-electron chi connectivity index (χ1n) is 23.6. The quantitative estimate of drug-likeness (QED) is 0.126. The van der Waals surface area contributed by atoms with Crippen molar-refractivity contribution in [3.8, 4) is 0 Å². The molecule has 3 saturated heterocycles. The van der Waals surface area contributed by atoms with Crippen LogP contribution in [0.3, 0.4) is 0 Å². The van der Waals surface area contributed by atoms with Crippen molar-refractivity contribution in [1.29, 1.82) is 0 Å². The van der Waals surface area contributed by atoms with Gasteiger partial charge in [-0.3, -0.25) is 29.1 Å². The Kier molecular flexibility index (Phi) is 13.1. The van der Waals surface area contributed by atoms with E-state index in [-0.39, 0.29) is 54.3 Å². The number of imide groups is 1. The van der Waals surface area contributed by atoms with Crippen LogP contribution in [0.15, 0.2) is 42.9 Å². The van der Waals surface area contributed by atoms with Gasteiger partial charge in [-0.25, -0.2) is 27.5 Å². The molecular formula is C47H60F3N13O5. The molecule has 18 nitrogen and oxygen atoms in total. The van der Waals surface area contributed by atoms with Crippen LogP contribution in [-0.4, -0.2) is 127 Å². The van der Waals surface area contributed by atoms with Crippen molar-refractivity contribution in [3.05, 3.63) is 59.8 Å². The lowest BCUT2D eigenvalue weighted by molar-refractivity contribution is -0.134. The largest absolute Gasteiger partial charge is 0.444 e. The molecule has 0 spiro atoms. The van der Waals surface area contributed by atoms with Gasteiger partial charge in [-0.05, 0) is 90.8 Å². The second-order valence-electron chi connectivity index (χ2n) is 19.9. The Bertz CT molecular complexity index is 2680. The smallest absolute Gasteiger partial charge is 0.407 e. The van der Waals surface area contributed by atoms with Crippen molar-refractivity contribution in [2.75, 3.05) is 54.9 Å². The molecule has 7 heterocycles. The van der Waals surface area contributed by atoms with Crippen LogP contribution in [0.5, 0.6) is 0 Å². The third-order valence-electron chi connectivity index (χ3n) is 13.9. The maximum absolute atomic E-state index is 15.0. The van der Waals surface area contributed by atoms with E-state index in [4.69, 9.17) is 9.84 Å². The lowest BCUT2D eigenvalue weighted by Gasteiger charge is -2.40. The number of ether oxygens (including phenoxy) is 1. The van der Waals surface area contributed by atoms with Crippen molar-refractivity contribution < 1.29 is 37.1 Å². The van der Waals surface area contributed by atoms with Gasteiger partial charge >= 0.3 is 6.09 Å². The topological polar surface area (TPSA) is 189 Å². The van der Waals surface area contributed by atoms with E-state index in [0.717, 1.165) is 74.7 Å². The molecule has 9 rings (SSSR count). The number of carbonyl (C=O) groups excluding carboxylic acids is 4. The van der Waals surface area contributed by atoms with E-state index < -0.39 is 47.9 Å². The number of carbonyl (C=O) groups is 4. The van der Waals surface area contributed by atoms with Crippen LogP contribution in [0.4, 0.5) is 35.2 Å². The number of para-hydroxylation sites is 1. The van der Waals surface area contributed by atoms with Crippen LogP contribution in [0.2, 0.25) is 0 Å². The van der Waals surface area contributed by atoms with Gasteiger partial charge in [-0.15, -0.1) is 0 Å². The van der Waals surface area contributed by atoms with Crippen LogP contribution in [0.25, 0.3) is 16.6 Å². The summed E-state index contributed by atoms with van der Waals surface area (Å²) in [5.41, 5.74) is 1.66. The Balaban J connectivity index is 0.789. The third kappa shape index (κ3) is 9.98. The number of alkyl halides is 3. The van der Waals surface area contributed by atoms with E-state index in [1.807, 2.05) is 23.9 Å². The Morgan fingerprint density at radius 2 is 1.76 bits per heavy atom. The summed E-state index contributed by atoms with van der Waals surface area (Å²) in [7, 11) is 4.09. The molecule has 4 amide bonds. The Morgan fingerprint density at radius 3 is 2.49 bits per heavy atom. The number of fused-ring (bicyclic) bond motifs is 2. The molecule has 4 aliphatic rings. The summed E-state index contributed by atoms with van der Waals surface area (Å²) in [6.07, 6.45) is 5.69. The molecule has 21 heteroatoms. The van der Waals surface area contributed by atoms with Gasteiger partial charge in [-0.2, -0.15) is 15.3 Å². The van der Waals surface area contributed by atoms with Crippen molar-refractivity contribution in [3.63, 3.8) is 0 Å². The highest BCUT2D eigenvalue weighted by molar-refractivity contribution is 6.08. The zero-order valence-electron chi connectivity index (χ0n) is 39.1. The molecule has 1 aromatic carbocycles. The minimum absolute atomic E-state index is 0.0194. The SMILES string of the molecule is CN(CC1CCC(n2cc(NC(=O)c3cnn4ccc(N5C[C@H](F)C[C@@H](NC(=O)OC(C)(C)C)C5)nc34)c(C(F)F)n2)CC1)C1CCN(c2cccc3c(C4CCC(=O)NC4=O)nn(C)c23)CC1. The van der Waals surface area contributed by atoms with Gasteiger partial charge in [0, 0.05) is 69.9 Å². The van der Waals surface area contributed by atoms with Crippen LogP contribution in [-0.2, 0) is 21.4 Å². The minimum Gasteiger partial charge on any atom is -0.444 e. The highest BCUT2D eigenvalue weighted by Gasteiger charge is 2.35. The fraction of sp³-hybridized carbons (Fsp3) is 0.574. The average Bonchev–Trinajstić information content (AvgIpc) is 4.01. The third-order valence-corrected chi connectivity index (χ3v) is 13.9. The number of nitrogens with zero attached hydrogens (tertiary/aromatic N) is 10. The summed E-state index contributed by atoms with van der Waals surface area (Å²) < 4.78 is 54.0. The normalized spacial score (nSPS) is 23.2. The molecule has 1 saturated carbocycles. The number of hydrogen-bond donors (Lipinski definition) is 3. The van der Waals surface area contributed by atoms with Crippen molar-refractivity contribution in [1.82, 2.24) is 49.7 Å². The standard InChI is InChI=1S/C47H60F3N13O5/c1-47(2,3)68-46(67)52-29-21-28(48)24-61(25-29)37-17-20-62-43(54-37)34(22-51-62)45(66)53-35-26-63(57-40(35)42(49)50)31-11-9-27(10-12-31)23-58(4)30-15-18-60(19-16-30)36-8-6-7-32-39(56-59(5)41(32)36)33-13-14-38(64)55-44(33)65/h6-8,17,20,22,26-31,33,42H,9-16,18-19,21,23-25H2,1-5H3,(H,52,67)(H,53,66)(H,55,64,65)/t27?,28-,29-,31?,33?/m1/s1. The number of aromatic nitrogens is 7. The summed E-state index contributed by atoms with van der Waals surface area (Å²) in [5.74, 6) is -0.890. The first-order chi connectivity index (χ1) is 32.5. The van der Waals surface area contributed by atoms with E-state index in [1.54, 1.807) is 42.6 Å². The second kappa shape index (κ2) is 19.0. The number of alkyl carbamates (subject to hydrolysis) is 1. The zero-order valence-corrected chi connectivity index (χ0v) is 39.1. The van der Waals surface area contributed by atoms with E-state index in [0.29, 0.717) is 36.3 Å². The number of amides is 4. The van der Waals surface area contributed by atoms with E-state index >= 15 is 0 Å². The molecular weight excluding hydrogens is 884 g/mol. The highest BCUT2D eigenvalue weighted by Crippen LogP contribution is 2.38. The number of rotatable bonds is 11. The molecule has 0 radical (unpaired) electrons. The number of nitrogens with one attached hydrogen (secondary N) is 3. The minimum atomic E-state index is -2.93. The van der Waals surface area contributed by atoms with E-state index in [2.05, 4.69) is 54.0 Å². The lowest BCUT2D eigenvalue weighted by atomic mass is 9.85. The van der Waals surface area contributed by atoms with Gasteiger partial charge in [0.25, 0.3) is 12.3 Å². The number of benzene rings is 1. The Morgan fingerprint density at radius 1 is 1.00 bits per heavy atom. The lowest BCUT2D eigenvalue weighted by Crippen LogP contribution is -2.52. The number of aryl methyl sites for hydroxylation is 1.